The van der Waals surface area contributed by atoms with Crippen LogP contribution in [0.5, 0.6) is 11.5 Å². The van der Waals surface area contributed by atoms with Crippen LogP contribution < -0.4 is 4.74 Å². The highest BCUT2D eigenvalue weighted by molar-refractivity contribution is 5.98. The number of aromatic nitrogens is 4. The largest absolute Gasteiger partial charge is 0.453 e. The van der Waals surface area contributed by atoms with Gasteiger partial charge in [-0.1, -0.05) is 168 Å². The number of nitrogens with one attached hydrogen (secondary N) is 2. The number of hydrogen-bond acceptors (Lipinski definition) is 3. The smallest absolute Gasteiger partial charge is 0.176 e. The van der Waals surface area contributed by atoms with E-state index in [1.54, 1.807) is 0 Å². The van der Waals surface area contributed by atoms with Crippen molar-refractivity contribution in [1.82, 2.24) is 19.9 Å². The monoisotopic (exact) mass is 854 g/mol. The molecule has 7 aromatic rings. The van der Waals surface area contributed by atoms with Crippen molar-refractivity contribution >= 4 is 46.4 Å². The number of benzene rings is 4. The van der Waals surface area contributed by atoms with Gasteiger partial charge in [0, 0.05) is 33.2 Å². The molecule has 0 radical (unpaired) electrons. The predicted molar refractivity (Wildman–Crippen MR) is 276 cm³/mol. The first-order valence-electron chi connectivity index (χ1n) is 23.0. The number of rotatable bonds is 5. The molecule has 5 nitrogen and oxygen atoms in total. The fraction of sp³-hybridized carbons (Fsp3) is 0.267. The minimum Gasteiger partial charge on any atom is -0.453 e. The molecule has 0 spiro atoms. The standard InChI is InChI=1S/C60H62N4O/c1-57(2,3)40-31-38(32-41(35-40)58(4,5)6)54-47-25-23-45(61-47)53(37-19-15-13-16-20-37)46-24-26-48(62-46)55(39-33-42(59(7,8)9)36-43(34-39)60(10,11)12)50-28-30-52(64-50)56(51-29-27-49(54)63-51)65-44-21-17-14-18-22-44/h13-36,61,64H,1-12H3. The number of nitrogens with zero attached hydrogens (tertiary/aromatic N) is 2. The summed E-state index contributed by atoms with van der Waals surface area (Å²) in [4.78, 5) is 18.9. The van der Waals surface area contributed by atoms with Crippen LogP contribution in [0.15, 0.2) is 121 Å². The lowest BCUT2D eigenvalue weighted by Gasteiger charge is -2.26. The molecule has 0 fully saturated rings. The lowest BCUT2D eigenvalue weighted by atomic mass is 9.78. The summed E-state index contributed by atoms with van der Waals surface area (Å²) in [7, 11) is 0. The van der Waals surface area contributed by atoms with Crippen LogP contribution >= 0.6 is 0 Å². The molecule has 9 rings (SSSR count). The Hall–Kier alpha value is -6.72. The minimum atomic E-state index is -0.0795. The molecule has 3 aromatic heterocycles. The van der Waals surface area contributed by atoms with Crippen molar-refractivity contribution < 1.29 is 4.74 Å². The van der Waals surface area contributed by atoms with Crippen molar-refractivity contribution in [2.24, 2.45) is 0 Å². The highest BCUT2D eigenvalue weighted by atomic mass is 16.5. The van der Waals surface area contributed by atoms with Gasteiger partial charge in [0.05, 0.1) is 22.6 Å². The van der Waals surface area contributed by atoms with E-state index in [9.17, 15) is 0 Å². The van der Waals surface area contributed by atoms with E-state index in [4.69, 9.17) is 14.7 Å². The van der Waals surface area contributed by atoms with Gasteiger partial charge in [0.2, 0.25) is 0 Å². The Labute approximate surface area is 385 Å². The van der Waals surface area contributed by atoms with Crippen LogP contribution in [0.25, 0.3) is 79.8 Å². The maximum atomic E-state index is 6.89. The van der Waals surface area contributed by atoms with Crippen molar-refractivity contribution in [3.8, 4) is 44.9 Å². The SMILES string of the molecule is CC(C)(C)c1cc(-c2c3nc(c(-c4ccccc4)c4ccc([nH]4)c(-c4cc(C(C)(C)C)cc(C(C)(C)C)c4)c4nc(c(Oc5ccccc5)c5ccc2[nH]5)C=C4)C=C3)cc(C(C)(C)C)c1. The fourth-order valence-electron chi connectivity index (χ4n) is 8.69. The zero-order valence-corrected chi connectivity index (χ0v) is 40.2. The maximum Gasteiger partial charge on any atom is 0.176 e. The highest BCUT2D eigenvalue weighted by Gasteiger charge is 2.26. The van der Waals surface area contributed by atoms with Gasteiger partial charge in [-0.3, -0.25) is 0 Å². The number of ether oxygens (including phenoxy) is 1. The van der Waals surface area contributed by atoms with Crippen LogP contribution in [0.4, 0.5) is 0 Å². The molecule has 0 aliphatic carbocycles. The molecular weight excluding hydrogens is 793 g/mol. The Morgan fingerprint density at radius 3 is 1.11 bits per heavy atom. The van der Waals surface area contributed by atoms with Gasteiger partial charge in [0.25, 0.3) is 0 Å². The van der Waals surface area contributed by atoms with Gasteiger partial charge in [-0.05, 0) is 121 Å². The topological polar surface area (TPSA) is 66.6 Å². The minimum absolute atomic E-state index is 0.0795. The molecule has 4 aromatic carbocycles. The van der Waals surface area contributed by atoms with E-state index >= 15 is 0 Å². The van der Waals surface area contributed by atoms with E-state index < -0.39 is 0 Å². The van der Waals surface area contributed by atoms with Crippen molar-refractivity contribution in [3.05, 3.63) is 166 Å². The summed E-state index contributed by atoms with van der Waals surface area (Å²) in [6, 6.07) is 43.5. The normalized spacial score (nSPS) is 13.1. The molecule has 0 saturated carbocycles. The molecule has 0 amide bonds. The summed E-state index contributed by atoms with van der Waals surface area (Å²) in [5.74, 6) is 1.37. The van der Waals surface area contributed by atoms with Crippen molar-refractivity contribution in [3.63, 3.8) is 0 Å². The molecular formula is C60H62N4O. The van der Waals surface area contributed by atoms with E-state index in [0.29, 0.717) is 5.75 Å². The number of fused-ring (bicyclic) bond motifs is 8. The summed E-state index contributed by atoms with van der Waals surface area (Å²) < 4.78 is 6.89. The van der Waals surface area contributed by atoms with Crippen LogP contribution in [-0.2, 0) is 21.7 Å². The van der Waals surface area contributed by atoms with Gasteiger partial charge < -0.3 is 14.7 Å². The molecule has 2 N–H and O–H groups in total. The van der Waals surface area contributed by atoms with Gasteiger partial charge in [0.15, 0.2) is 5.75 Å². The molecule has 328 valence electrons. The Morgan fingerprint density at radius 1 is 0.354 bits per heavy atom. The Kier molecular flexibility index (Phi) is 10.8. The second kappa shape index (κ2) is 16.1. The summed E-state index contributed by atoms with van der Waals surface area (Å²) in [6.07, 6.45) is 8.58. The number of H-pyrrole nitrogens is 2. The summed E-state index contributed by atoms with van der Waals surface area (Å²) in [5, 5.41) is 0. The molecule has 0 atom stereocenters. The predicted octanol–water partition coefficient (Wildman–Crippen LogP) is 16.6. The van der Waals surface area contributed by atoms with Gasteiger partial charge >= 0.3 is 0 Å². The molecule has 65 heavy (non-hydrogen) atoms. The molecule has 5 heteroatoms. The van der Waals surface area contributed by atoms with Gasteiger partial charge in [-0.2, -0.15) is 0 Å². The number of aromatic amines is 2. The van der Waals surface area contributed by atoms with E-state index in [1.165, 1.54) is 22.3 Å². The zero-order chi connectivity index (χ0) is 46.1. The third-order valence-corrected chi connectivity index (χ3v) is 12.6. The molecule has 0 unspecified atom stereocenters. The Balaban J connectivity index is 1.46. The summed E-state index contributed by atoms with van der Waals surface area (Å²) in [5.41, 5.74) is 18.2. The third kappa shape index (κ3) is 8.77. The second-order valence-corrected chi connectivity index (χ2v) is 21.8. The van der Waals surface area contributed by atoms with E-state index in [0.717, 1.165) is 84.0 Å². The van der Waals surface area contributed by atoms with Crippen molar-refractivity contribution in [1.29, 1.82) is 0 Å². The van der Waals surface area contributed by atoms with E-state index in [-0.39, 0.29) is 21.7 Å². The summed E-state index contributed by atoms with van der Waals surface area (Å²) >= 11 is 0. The lowest BCUT2D eigenvalue weighted by molar-refractivity contribution is 0.484. The first-order valence-corrected chi connectivity index (χ1v) is 23.0. The molecule has 5 heterocycles. The van der Waals surface area contributed by atoms with Crippen LogP contribution in [0.2, 0.25) is 0 Å². The van der Waals surface area contributed by atoms with Crippen LogP contribution in [0.3, 0.4) is 0 Å². The molecule has 8 bridgehead atoms. The van der Waals surface area contributed by atoms with Gasteiger partial charge in [-0.25, -0.2) is 9.97 Å². The Morgan fingerprint density at radius 2 is 0.692 bits per heavy atom. The van der Waals surface area contributed by atoms with Crippen molar-refractivity contribution in [2.45, 2.75) is 105 Å². The zero-order valence-electron chi connectivity index (χ0n) is 40.2. The summed E-state index contributed by atoms with van der Waals surface area (Å²) in [6.45, 7) is 27.5. The lowest BCUT2D eigenvalue weighted by Crippen LogP contribution is -2.16. The number of hydrogen-bond donors (Lipinski definition) is 2. The molecule has 2 aliphatic rings. The van der Waals surface area contributed by atoms with E-state index in [1.807, 2.05) is 30.3 Å². The quantitative estimate of drug-likeness (QED) is 0.181. The first kappa shape index (κ1) is 43.5. The first-order chi connectivity index (χ1) is 30.7. The molecule has 0 saturated heterocycles. The average molecular weight is 855 g/mol. The van der Waals surface area contributed by atoms with Crippen LogP contribution in [0.1, 0.15) is 128 Å². The van der Waals surface area contributed by atoms with Crippen LogP contribution in [-0.4, -0.2) is 19.9 Å². The fourth-order valence-corrected chi connectivity index (χ4v) is 8.69. The van der Waals surface area contributed by atoms with Crippen molar-refractivity contribution in [2.75, 3.05) is 0 Å². The van der Waals surface area contributed by atoms with Gasteiger partial charge in [0.1, 0.15) is 11.4 Å². The third-order valence-electron chi connectivity index (χ3n) is 12.6. The average Bonchev–Trinajstić information content (AvgIpc) is 4.10. The second-order valence-electron chi connectivity index (χ2n) is 21.8. The Bertz CT molecular complexity index is 3050. The van der Waals surface area contributed by atoms with Crippen LogP contribution in [0, 0.1) is 0 Å². The number of para-hydroxylation sites is 1. The highest BCUT2D eigenvalue weighted by Crippen LogP contribution is 2.42. The van der Waals surface area contributed by atoms with E-state index in [2.05, 4.69) is 208 Å². The maximum absolute atomic E-state index is 6.89. The molecule has 2 aliphatic heterocycles. The van der Waals surface area contributed by atoms with Gasteiger partial charge in [-0.15, -0.1) is 0 Å².